The van der Waals surface area contributed by atoms with Crippen LogP contribution in [0.1, 0.15) is 11.1 Å². The second-order valence-corrected chi connectivity index (χ2v) is 5.74. The summed E-state index contributed by atoms with van der Waals surface area (Å²) in [6.07, 6.45) is 1.45. The van der Waals surface area contributed by atoms with Crippen LogP contribution in [-0.4, -0.2) is 33.9 Å². The Hall–Kier alpha value is -4.45. The van der Waals surface area contributed by atoms with Crippen LogP contribution >= 0.6 is 0 Å². The summed E-state index contributed by atoms with van der Waals surface area (Å²) in [6.45, 7) is -0.447. The summed E-state index contributed by atoms with van der Waals surface area (Å²) < 4.78 is 5.11. The van der Waals surface area contributed by atoms with Crippen LogP contribution < -0.4 is 15.7 Å². The zero-order valence-corrected chi connectivity index (χ0v) is 15.0. The molecule has 3 rings (SSSR count). The summed E-state index contributed by atoms with van der Waals surface area (Å²) in [4.78, 5) is 29.5. The first-order valence-corrected chi connectivity index (χ1v) is 8.40. The number of rotatable bonds is 7. The predicted octanol–water partition coefficient (Wildman–Crippen LogP) is 2.22. The average Bonchev–Trinajstić information content (AvgIpc) is 2.73. The third-order valence-electron chi connectivity index (χ3n) is 3.68. The lowest BCUT2D eigenvalue weighted by molar-refractivity contribution is -0.139. The maximum Gasteiger partial charge on any atom is 0.341 e. The van der Waals surface area contributed by atoms with Crippen molar-refractivity contribution in [1.29, 1.82) is 5.26 Å². The number of carboxylic acid groups (broad SMARTS) is 1. The van der Waals surface area contributed by atoms with Gasteiger partial charge in [-0.25, -0.2) is 15.2 Å². The molecule has 9 nitrogen and oxygen atoms in total. The molecule has 0 bridgehead atoms. The van der Waals surface area contributed by atoms with E-state index in [4.69, 9.17) is 9.84 Å². The summed E-state index contributed by atoms with van der Waals surface area (Å²) >= 11 is 0. The molecule has 3 N–H and O–H groups in total. The summed E-state index contributed by atoms with van der Waals surface area (Å²) in [6, 6.07) is 17.4. The van der Waals surface area contributed by atoms with Gasteiger partial charge in [0.1, 0.15) is 17.4 Å². The van der Waals surface area contributed by atoms with E-state index in [2.05, 4.69) is 20.5 Å². The minimum Gasteiger partial charge on any atom is -0.482 e. The number of nitriles is 1. The molecule has 2 aromatic carbocycles. The van der Waals surface area contributed by atoms with Crippen molar-refractivity contribution >= 4 is 18.1 Å². The number of anilines is 1. The van der Waals surface area contributed by atoms with Crippen LogP contribution in [0.3, 0.4) is 0 Å². The molecule has 0 unspecified atom stereocenters. The molecule has 0 fully saturated rings. The molecule has 0 aliphatic rings. The number of carboxylic acids is 1. The van der Waals surface area contributed by atoms with Crippen LogP contribution in [0, 0.1) is 11.3 Å². The number of aliphatic carboxylic acids is 1. The largest absolute Gasteiger partial charge is 0.482 e. The van der Waals surface area contributed by atoms with Gasteiger partial charge < -0.3 is 9.84 Å². The molecule has 0 spiro atoms. The molecule has 3 aromatic rings. The van der Waals surface area contributed by atoms with E-state index >= 15 is 0 Å². The SMILES string of the molecule is N#Cc1c(-c2ccccc2)nc(NN=Cc2cccc(OCC(=O)O)c2)[nH]c1=O. The first kappa shape index (κ1) is 19.3. The first-order chi connectivity index (χ1) is 14.1. The van der Waals surface area contributed by atoms with Crippen molar-refractivity contribution in [2.75, 3.05) is 12.0 Å². The van der Waals surface area contributed by atoms with E-state index in [0.717, 1.165) is 0 Å². The van der Waals surface area contributed by atoms with E-state index in [1.807, 2.05) is 12.1 Å². The standard InChI is InChI=1S/C20H15N5O4/c21-10-16-18(14-6-2-1-3-7-14)23-20(24-19(16)28)25-22-11-13-5-4-8-15(9-13)29-12-17(26)27/h1-9,11H,12H2,(H,26,27)(H2,23,24,25,28). The molecule has 0 amide bonds. The smallest absolute Gasteiger partial charge is 0.341 e. The molecule has 0 radical (unpaired) electrons. The zero-order valence-electron chi connectivity index (χ0n) is 15.0. The molecular weight excluding hydrogens is 374 g/mol. The van der Waals surface area contributed by atoms with E-state index in [9.17, 15) is 14.9 Å². The van der Waals surface area contributed by atoms with E-state index in [0.29, 0.717) is 16.9 Å². The number of hydrazone groups is 1. The highest BCUT2D eigenvalue weighted by Gasteiger charge is 2.12. The van der Waals surface area contributed by atoms with Crippen molar-refractivity contribution in [3.63, 3.8) is 0 Å². The predicted molar refractivity (Wildman–Crippen MR) is 106 cm³/mol. The minimum atomic E-state index is -1.07. The molecule has 0 aliphatic carbocycles. The molecule has 0 aliphatic heterocycles. The van der Waals surface area contributed by atoms with Gasteiger partial charge in [-0.15, -0.1) is 0 Å². The Morgan fingerprint density at radius 1 is 1.28 bits per heavy atom. The van der Waals surface area contributed by atoms with Gasteiger partial charge in [0.05, 0.1) is 11.9 Å². The van der Waals surface area contributed by atoms with Crippen molar-refractivity contribution < 1.29 is 14.6 Å². The third kappa shape index (κ3) is 5.05. The van der Waals surface area contributed by atoms with Crippen molar-refractivity contribution in [2.24, 2.45) is 5.10 Å². The van der Waals surface area contributed by atoms with E-state index in [-0.39, 0.29) is 17.2 Å². The Bertz CT molecular complexity index is 1150. The fraction of sp³-hybridized carbons (Fsp3) is 0.0500. The lowest BCUT2D eigenvalue weighted by Gasteiger charge is -2.06. The van der Waals surface area contributed by atoms with Gasteiger partial charge in [-0.2, -0.15) is 10.4 Å². The van der Waals surface area contributed by atoms with Crippen LogP contribution in [0.4, 0.5) is 5.95 Å². The summed E-state index contributed by atoms with van der Waals surface area (Å²) in [5.74, 6) is -0.620. The molecule has 1 heterocycles. The molecule has 9 heteroatoms. The van der Waals surface area contributed by atoms with Crippen LogP contribution in [0.25, 0.3) is 11.3 Å². The molecule has 144 valence electrons. The number of aromatic nitrogens is 2. The van der Waals surface area contributed by atoms with E-state index in [1.54, 1.807) is 48.5 Å². The minimum absolute atomic E-state index is 0.0717. The van der Waals surface area contributed by atoms with Crippen LogP contribution in [-0.2, 0) is 4.79 Å². The Kier molecular flexibility index (Phi) is 5.97. The number of nitrogens with one attached hydrogen (secondary N) is 2. The van der Waals surface area contributed by atoms with Crippen LogP contribution in [0.5, 0.6) is 5.75 Å². The molecule has 0 saturated carbocycles. The van der Waals surface area contributed by atoms with Gasteiger partial charge in [-0.1, -0.05) is 42.5 Å². The van der Waals surface area contributed by atoms with Crippen LogP contribution in [0.2, 0.25) is 0 Å². The quantitative estimate of drug-likeness (QED) is 0.416. The summed E-state index contributed by atoms with van der Waals surface area (Å²) in [5.41, 5.74) is 3.47. The normalized spacial score (nSPS) is 10.4. The van der Waals surface area contributed by atoms with E-state index < -0.39 is 18.1 Å². The molecule has 0 atom stereocenters. The molecule has 1 aromatic heterocycles. The molecule has 29 heavy (non-hydrogen) atoms. The maximum absolute atomic E-state index is 12.2. The first-order valence-electron chi connectivity index (χ1n) is 8.40. The Morgan fingerprint density at radius 3 is 2.79 bits per heavy atom. The molecular formula is C20H15N5O4. The Morgan fingerprint density at radius 2 is 2.07 bits per heavy atom. The van der Waals surface area contributed by atoms with Gasteiger partial charge in [0.15, 0.2) is 6.61 Å². The number of H-pyrrole nitrogens is 1. The van der Waals surface area contributed by atoms with Crippen molar-refractivity contribution in [3.8, 4) is 23.1 Å². The number of nitrogens with zero attached hydrogens (tertiary/aromatic N) is 3. The summed E-state index contributed by atoms with van der Waals surface area (Å²) in [5, 5.41) is 21.9. The van der Waals surface area contributed by atoms with E-state index in [1.165, 1.54) is 6.21 Å². The third-order valence-corrected chi connectivity index (χ3v) is 3.68. The zero-order chi connectivity index (χ0) is 20.6. The number of benzene rings is 2. The number of hydrogen-bond acceptors (Lipinski definition) is 7. The number of aromatic amines is 1. The highest BCUT2D eigenvalue weighted by molar-refractivity contribution is 5.80. The van der Waals surface area contributed by atoms with Gasteiger partial charge >= 0.3 is 5.97 Å². The van der Waals surface area contributed by atoms with Crippen LogP contribution in [0.15, 0.2) is 64.5 Å². The highest BCUT2D eigenvalue weighted by Crippen LogP contribution is 2.19. The summed E-state index contributed by atoms with van der Waals surface area (Å²) in [7, 11) is 0. The van der Waals surface area contributed by atoms with Crippen molar-refractivity contribution in [1.82, 2.24) is 9.97 Å². The topological polar surface area (TPSA) is 140 Å². The van der Waals surface area contributed by atoms with Gasteiger partial charge in [0.2, 0.25) is 5.95 Å². The van der Waals surface area contributed by atoms with Crippen molar-refractivity contribution in [3.05, 3.63) is 76.1 Å². The van der Waals surface area contributed by atoms with Gasteiger partial charge in [-0.05, 0) is 17.7 Å². The second kappa shape index (κ2) is 8.96. The fourth-order valence-electron chi connectivity index (χ4n) is 2.43. The monoisotopic (exact) mass is 389 g/mol. The fourth-order valence-corrected chi connectivity index (χ4v) is 2.43. The number of carbonyl (C=O) groups is 1. The Labute approximate surface area is 164 Å². The number of ether oxygens (including phenoxy) is 1. The lowest BCUT2D eigenvalue weighted by Crippen LogP contribution is -2.16. The van der Waals surface area contributed by atoms with Gasteiger partial charge in [0, 0.05) is 5.56 Å². The Balaban J connectivity index is 1.80. The van der Waals surface area contributed by atoms with Gasteiger partial charge in [-0.3, -0.25) is 9.78 Å². The number of hydrogen-bond donors (Lipinski definition) is 3. The molecule has 0 saturated heterocycles. The highest BCUT2D eigenvalue weighted by atomic mass is 16.5. The van der Waals surface area contributed by atoms with Crippen molar-refractivity contribution in [2.45, 2.75) is 0 Å². The van der Waals surface area contributed by atoms with Gasteiger partial charge in [0.25, 0.3) is 5.56 Å². The maximum atomic E-state index is 12.2. The average molecular weight is 389 g/mol. The lowest BCUT2D eigenvalue weighted by atomic mass is 10.1. The second-order valence-electron chi connectivity index (χ2n) is 5.74.